The first kappa shape index (κ1) is 11.6. The second-order valence-corrected chi connectivity index (χ2v) is 2.16. The average Bonchev–Trinajstić information content (AvgIpc) is 2.39. The number of nitrogens with two attached hydrogens (primary N) is 1. The Hall–Kier alpha value is -0.438. The quantitative estimate of drug-likeness (QED) is 0.684. The van der Waals surface area contributed by atoms with Crippen molar-refractivity contribution in [2.45, 2.75) is 12.5 Å². The Bertz CT molecular complexity index is 237. The fourth-order valence-electron chi connectivity index (χ4n) is 0.678. The van der Waals surface area contributed by atoms with Gasteiger partial charge in [-0.25, -0.2) is 0 Å². The van der Waals surface area contributed by atoms with Gasteiger partial charge in [-0.05, 0) is 6.42 Å². The Balaban J connectivity index is 0.00000121. The first-order valence-corrected chi connectivity index (χ1v) is 3.10. The Kier molecular flexibility index (Phi) is 5.06. The van der Waals surface area contributed by atoms with Crippen LogP contribution in [0.2, 0.25) is 0 Å². The van der Waals surface area contributed by atoms with Crippen LogP contribution in [-0.2, 0) is 38.5 Å². The maximum absolute atomic E-state index is 10.3. The molecule has 0 aliphatic rings. The van der Waals surface area contributed by atoms with Crippen molar-refractivity contribution in [3.05, 3.63) is 18.2 Å². The molecule has 62 valence electrons. The molecular weight excluding hydrogens is 258 g/mol. The summed E-state index contributed by atoms with van der Waals surface area (Å²) in [5.74, 6) is -1.02. The monoisotopic (exact) mass is 268 g/mol. The summed E-state index contributed by atoms with van der Waals surface area (Å²) in [7, 11) is 0. The zero-order chi connectivity index (χ0) is 8.27. The van der Waals surface area contributed by atoms with Crippen molar-refractivity contribution in [3.8, 4) is 0 Å². The number of aliphatic carboxylic acids is 1. The van der Waals surface area contributed by atoms with E-state index >= 15 is 0 Å². The van der Waals surface area contributed by atoms with E-state index in [-0.39, 0.29) is 33.7 Å². The van der Waals surface area contributed by atoms with E-state index in [0.29, 0.717) is 5.69 Å². The van der Waals surface area contributed by atoms with Gasteiger partial charge in [-0.3, -0.25) is 4.79 Å². The fraction of sp³-hybridized carbons (Fsp3) is 0.333. The summed E-state index contributed by atoms with van der Waals surface area (Å²) >= 11 is 0. The van der Waals surface area contributed by atoms with E-state index < -0.39 is 12.0 Å². The SMILES string of the molecule is N[C@H](Cc1c[n-]cn1)C(=O)O.[Cd]. The number of aromatic nitrogens is 2. The standard InChI is InChI=1S/C6H9N3O2.Cd/c7-5(6(10)11)1-4-2-8-3-9-4;/h2-3,5H,1,7H2,(H2,8,9,10,11);/p-1/t5-;/m1./s1. The molecule has 0 radical (unpaired) electrons. The van der Waals surface area contributed by atoms with Crippen molar-refractivity contribution >= 4 is 5.97 Å². The van der Waals surface area contributed by atoms with E-state index in [0.717, 1.165) is 0 Å². The number of hydrogen-bond acceptors (Lipinski definition) is 3. The third-order valence-electron chi connectivity index (χ3n) is 1.26. The van der Waals surface area contributed by atoms with Crippen molar-refractivity contribution in [2.75, 3.05) is 0 Å². The van der Waals surface area contributed by atoms with Crippen LogP contribution in [0.1, 0.15) is 5.69 Å². The van der Waals surface area contributed by atoms with Gasteiger partial charge in [0, 0.05) is 27.3 Å². The molecule has 5 nitrogen and oxygen atoms in total. The predicted molar refractivity (Wildman–Crippen MR) is 36.9 cm³/mol. The van der Waals surface area contributed by atoms with Crippen LogP contribution in [0.15, 0.2) is 12.5 Å². The third kappa shape index (κ3) is 3.31. The number of carboxylic acid groups (broad SMARTS) is 1. The summed E-state index contributed by atoms with van der Waals surface area (Å²) in [4.78, 5) is 17.7. The zero-order valence-corrected chi connectivity index (χ0v) is 10.5. The van der Waals surface area contributed by atoms with Crippen LogP contribution >= 0.6 is 0 Å². The smallest absolute Gasteiger partial charge is 0.320 e. The maximum Gasteiger partial charge on any atom is 0.320 e. The number of carboxylic acids is 1. The van der Waals surface area contributed by atoms with Crippen molar-refractivity contribution in [3.63, 3.8) is 0 Å². The molecule has 6 heteroatoms. The molecule has 0 saturated carbocycles. The van der Waals surface area contributed by atoms with Crippen LogP contribution in [0, 0.1) is 0 Å². The average molecular weight is 267 g/mol. The zero-order valence-electron chi connectivity index (χ0n) is 6.47. The van der Waals surface area contributed by atoms with Gasteiger partial charge in [0.1, 0.15) is 6.04 Å². The van der Waals surface area contributed by atoms with Crippen LogP contribution in [0.25, 0.3) is 0 Å². The molecule has 1 heterocycles. The molecule has 0 bridgehead atoms. The molecule has 0 unspecified atom stereocenters. The number of imidazole rings is 1. The topological polar surface area (TPSA) is 90.3 Å². The van der Waals surface area contributed by atoms with Crippen molar-refractivity contribution < 1.29 is 37.2 Å². The minimum absolute atomic E-state index is 0. The van der Waals surface area contributed by atoms with Crippen LogP contribution in [0.3, 0.4) is 0 Å². The Labute approximate surface area is 89.5 Å². The first-order valence-electron chi connectivity index (χ1n) is 3.10. The Morgan fingerprint density at radius 3 is 2.92 bits per heavy atom. The third-order valence-corrected chi connectivity index (χ3v) is 1.26. The van der Waals surface area contributed by atoms with Crippen LogP contribution in [0.5, 0.6) is 0 Å². The first-order chi connectivity index (χ1) is 5.20. The largest absolute Gasteiger partial charge is 0.480 e. The second kappa shape index (κ2) is 5.25. The molecule has 1 atom stereocenters. The molecule has 1 aromatic heterocycles. The molecule has 0 aliphatic heterocycles. The summed E-state index contributed by atoms with van der Waals surface area (Å²) in [6.45, 7) is 0. The van der Waals surface area contributed by atoms with Crippen molar-refractivity contribution in [1.82, 2.24) is 9.97 Å². The van der Waals surface area contributed by atoms with Gasteiger partial charge in [0.15, 0.2) is 0 Å². The molecule has 1 rings (SSSR count). The van der Waals surface area contributed by atoms with E-state index in [1.807, 2.05) is 0 Å². The van der Waals surface area contributed by atoms with E-state index in [1.54, 1.807) is 0 Å². The molecule has 0 aliphatic carbocycles. The van der Waals surface area contributed by atoms with Gasteiger partial charge in [-0.15, -0.1) is 0 Å². The van der Waals surface area contributed by atoms with Gasteiger partial charge in [0.05, 0.1) is 0 Å². The van der Waals surface area contributed by atoms with Crippen LogP contribution in [-0.4, -0.2) is 22.1 Å². The van der Waals surface area contributed by atoms with Gasteiger partial charge < -0.3 is 20.8 Å². The number of rotatable bonds is 3. The predicted octanol–water partition coefficient (Wildman–Crippen LogP) is -1.01. The van der Waals surface area contributed by atoms with Crippen molar-refractivity contribution in [2.24, 2.45) is 5.73 Å². The maximum atomic E-state index is 10.3. The molecule has 1 aromatic rings. The molecule has 0 aromatic carbocycles. The van der Waals surface area contributed by atoms with Gasteiger partial charge in [0.25, 0.3) is 0 Å². The minimum Gasteiger partial charge on any atom is -0.480 e. The van der Waals surface area contributed by atoms with Gasteiger partial charge >= 0.3 is 5.97 Å². The summed E-state index contributed by atoms with van der Waals surface area (Å²) in [6.07, 6.45) is 3.10. The van der Waals surface area contributed by atoms with Gasteiger partial charge in [-0.1, -0.05) is 18.2 Å². The fourth-order valence-corrected chi connectivity index (χ4v) is 0.678. The van der Waals surface area contributed by atoms with E-state index in [2.05, 4.69) is 9.97 Å². The molecule has 0 amide bonds. The van der Waals surface area contributed by atoms with Gasteiger partial charge in [-0.2, -0.15) is 0 Å². The molecule has 0 spiro atoms. The summed E-state index contributed by atoms with van der Waals surface area (Å²) in [5, 5.41) is 8.41. The Morgan fingerprint density at radius 1 is 1.83 bits per heavy atom. The van der Waals surface area contributed by atoms with E-state index in [4.69, 9.17) is 10.8 Å². The minimum atomic E-state index is -1.02. The van der Waals surface area contributed by atoms with Crippen molar-refractivity contribution in [1.29, 1.82) is 0 Å². The second-order valence-electron chi connectivity index (χ2n) is 2.16. The summed E-state index contributed by atoms with van der Waals surface area (Å²) < 4.78 is 0. The van der Waals surface area contributed by atoms with Crippen LogP contribution < -0.4 is 10.7 Å². The Morgan fingerprint density at radius 2 is 2.50 bits per heavy atom. The molecule has 3 N–H and O–H groups in total. The number of nitrogens with zero attached hydrogens (tertiary/aromatic N) is 2. The van der Waals surface area contributed by atoms with Crippen LogP contribution in [0.4, 0.5) is 0 Å². The molecule has 12 heavy (non-hydrogen) atoms. The van der Waals surface area contributed by atoms with E-state index in [1.165, 1.54) is 12.5 Å². The normalized spacial score (nSPS) is 11.8. The molecular formula is C6H8CdN3O2-. The molecule has 0 saturated heterocycles. The number of carbonyl (C=O) groups is 1. The van der Waals surface area contributed by atoms with Gasteiger partial charge in [0.2, 0.25) is 0 Å². The number of hydrogen-bond donors (Lipinski definition) is 2. The summed E-state index contributed by atoms with van der Waals surface area (Å²) in [6, 6.07) is -0.883. The van der Waals surface area contributed by atoms with E-state index in [9.17, 15) is 4.79 Å². The summed E-state index contributed by atoms with van der Waals surface area (Å²) in [5.41, 5.74) is 5.85. The molecule has 0 fully saturated rings.